The number of fused-ring (bicyclic) bond motifs is 4. The number of hydrogen-bond donors (Lipinski definition) is 1. The first kappa shape index (κ1) is 20.6. The molecule has 1 N–H and O–H groups in total. The zero-order valence-corrected chi connectivity index (χ0v) is 19.0. The van der Waals surface area contributed by atoms with Gasteiger partial charge in [0.25, 0.3) is 0 Å². The second kappa shape index (κ2) is 7.37. The number of nitrogens with zero attached hydrogens (tertiary/aromatic N) is 2. The minimum absolute atomic E-state index is 0.0360. The van der Waals surface area contributed by atoms with Gasteiger partial charge >= 0.3 is 0 Å². The summed E-state index contributed by atoms with van der Waals surface area (Å²) in [5.74, 6) is 0.664. The van der Waals surface area contributed by atoms with Crippen molar-refractivity contribution in [2.24, 2.45) is 5.41 Å². The van der Waals surface area contributed by atoms with E-state index in [1.807, 2.05) is 12.1 Å². The third kappa shape index (κ3) is 3.10. The maximum absolute atomic E-state index is 13.9. The van der Waals surface area contributed by atoms with Crippen molar-refractivity contribution >= 4 is 5.91 Å². The molecule has 0 aromatic heterocycles. The zero-order chi connectivity index (χ0) is 21.8. The van der Waals surface area contributed by atoms with E-state index in [0.717, 1.165) is 50.9 Å². The summed E-state index contributed by atoms with van der Waals surface area (Å²) in [6.45, 7) is 9.58. The van der Waals surface area contributed by atoms with Crippen LogP contribution in [0.2, 0.25) is 0 Å². The molecule has 2 saturated heterocycles. The summed E-state index contributed by atoms with van der Waals surface area (Å²) in [5.41, 5.74) is 3.49. The summed E-state index contributed by atoms with van der Waals surface area (Å²) >= 11 is 0. The smallest absolute Gasteiger partial charge is 0.240 e. The van der Waals surface area contributed by atoms with Crippen molar-refractivity contribution in [2.45, 2.75) is 70.5 Å². The fourth-order valence-electron chi connectivity index (χ4n) is 6.49. The molecule has 2 aromatic rings. The van der Waals surface area contributed by atoms with E-state index in [0.29, 0.717) is 5.75 Å². The van der Waals surface area contributed by atoms with Crippen LogP contribution in [0.1, 0.15) is 56.7 Å². The average molecular weight is 419 g/mol. The standard InChI is InChI=1S/C27H34N2O2/c1-26(2)24-17-20-21(11-7-13-23(20)30)27(26,3)14-16-29(24)25(31)22-12-8-15-28(22)18-19-9-5-4-6-10-19/h4-7,9-11,13,22,24,30H,8,12,14-18H2,1-3H3/t22?,24?,27-/m0/s1. The first-order chi connectivity index (χ1) is 14.8. The van der Waals surface area contributed by atoms with E-state index >= 15 is 0 Å². The highest BCUT2D eigenvalue weighted by molar-refractivity contribution is 5.83. The minimum atomic E-state index is -0.0510. The number of aromatic hydroxyl groups is 1. The summed E-state index contributed by atoms with van der Waals surface area (Å²) in [7, 11) is 0. The molecule has 164 valence electrons. The van der Waals surface area contributed by atoms with Crippen LogP contribution in [0.15, 0.2) is 48.5 Å². The highest BCUT2D eigenvalue weighted by atomic mass is 16.3. The van der Waals surface area contributed by atoms with E-state index in [-0.39, 0.29) is 28.8 Å². The Hall–Kier alpha value is -2.33. The SMILES string of the molecule is CC1(C)C2Cc3c(O)cccc3[C@]1(C)CCN2C(=O)C1CCCN1Cc1ccccc1. The molecule has 4 nitrogen and oxygen atoms in total. The topological polar surface area (TPSA) is 43.8 Å². The van der Waals surface area contributed by atoms with Gasteiger partial charge in [0, 0.05) is 24.5 Å². The number of hydrogen-bond acceptors (Lipinski definition) is 3. The van der Waals surface area contributed by atoms with Crippen molar-refractivity contribution in [3.8, 4) is 5.75 Å². The Balaban J connectivity index is 1.44. The number of carbonyl (C=O) groups is 1. The predicted molar refractivity (Wildman–Crippen MR) is 123 cm³/mol. The minimum Gasteiger partial charge on any atom is -0.508 e. The van der Waals surface area contributed by atoms with E-state index in [4.69, 9.17) is 0 Å². The molecule has 4 heteroatoms. The molecule has 1 amide bonds. The molecule has 2 fully saturated rings. The molecule has 2 heterocycles. The first-order valence-electron chi connectivity index (χ1n) is 11.7. The molecule has 2 bridgehead atoms. The van der Waals surface area contributed by atoms with Gasteiger partial charge < -0.3 is 10.0 Å². The molecule has 2 aliphatic heterocycles. The van der Waals surface area contributed by atoms with Gasteiger partial charge in [-0.3, -0.25) is 9.69 Å². The number of phenolic OH excluding ortho intramolecular Hbond substituents is 1. The largest absolute Gasteiger partial charge is 0.508 e. The number of likely N-dealkylation sites (tertiary alicyclic amines) is 2. The number of phenols is 1. The normalized spacial score (nSPS) is 29.6. The van der Waals surface area contributed by atoms with E-state index in [1.54, 1.807) is 6.07 Å². The summed E-state index contributed by atoms with van der Waals surface area (Å²) in [4.78, 5) is 18.5. The monoisotopic (exact) mass is 418 g/mol. The number of piperidine rings is 1. The van der Waals surface area contributed by atoms with Crippen molar-refractivity contribution in [3.63, 3.8) is 0 Å². The van der Waals surface area contributed by atoms with E-state index in [1.165, 1.54) is 11.1 Å². The predicted octanol–water partition coefficient (Wildman–Crippen LogP) is 4.50. The van der Waals surface area contributed by atoms with Crippen molar-refractivity contribution < 1.29 is 9.90 Å². The summed E-state index contributed by atoms with van der Waals surface area (Å²) < 4.78 is 0. The Morgan fingerprint density at radius 2 is 1.84 bits per heavy atom. The van der Waals surface area contributed by atoms with Gasteiger partial charge in [0.05, 0.1) is 6.04 Å². The van der Waals surface area contributed by atoms with Gasteiger partial charge in [-0.2, -0.15) is 0 Å². The maximum Gasteiger partial charge on any atom is 0.240 e. The molecule has 31 heavy (non-hydrogen) atoms. The number of benzene rings is 2. The Bertz CT molecular complexity index is 986. The van der Waals surface area contributed by atoms with Crippen LogP contribution in [0.5, 0.6) is 5.75 Å². The van der Waals surface area contributed by atoms with E-state index in [2.05, 4.69) is 60.9 Å². The summed E-state index contributed by atoms with van der Waals surface area (Å²) in [5, 5.41) is 10.6. The molecule has 0 saturated carbocycles. The van der Waals surface area contributed by atoms with Gasteiger partial charge in [-0.25, -0.2) is 0 Å². The lowest BCUT2D eigenvalue weighted by Crippen LogP contribution is -2.66. The fraction of sp³-hybridized carbons (Fsp3) is 0.519. The van der Waals surface area contributed by atoms with Crippen LogP contribution in [0.3, 0.4) is 0 Å². The van der Waals surface area contributed by atoms with Crippen LogP contribution in [0.4, 0.5) is 0 Å². The molecule has 0 spiro atoms. The Morgan fingerprint density at radius 3 is 2.61 bits per heavy atom. The van der Waals surface area contributed by atoms with Crippen LogP contribution in [-0.2, 0) is 23.2 Å². The molecule has 5 rings (SSSR count). The molecule has 3 aliphatic rings. The molecule has 3 atom stereocenters. The first-order valence-corrected chi connectivity index (χ1v) is 11.7. The molecular formula is C27H34N2O2. The number of amides is 1. The lowest BCUT2D eigenvalue weighted by Gasteiger charge is -2.61. The number of carbonyl (C=O) groups excluding carboxylic acids is 1. The quantitative estimate of drug-likeness (QED) is 0.798. The highest BCUT2D eigenvalue weighted by Crippen LogP contribution is 2.57. The third-order valence-electron chi connectivity index (χ3n) is 8.79. The van der Waals surface area contributed by atoms with Crippen LogP contribution >= 0.6 is 0 Å². The van der Waals surface area contributed by atoms with Gasteiger partial charge in [0.15, 0.2) is 0 Å². The lowest BCUT2D eigenvalue weighted by atomic mass is 9.51. The summed E-state index contributed by atoms with van der Waals surface area (Å²) in [6, 6.07) is 16.5. The van der Waals surface area contributed by atoms with Crippen molar-refractivity contribution in [1.82, 2.24) is 9.80 Å². The molecule has 2 aromatic carbocycles. The van der Waals surface area contributed by atoms with Gasteiger partial charge in [0.2, 0.25) is 5.91 Å². The van der Waals surface area contributed by atoms with Crippen LogP contribution in [0, 0.1) is 5.41 Å². The fourth-order valence-corrected chi connectivity index (χ4v) is 6.49. The third-order valence-corrected chi connectivity index (χ3v) is 8.79. The zero-order valence-electron chi connectivity index (χ0n) is 19.0. The maximum atomic E-state index is 13.9. The van der Waals surface area contributed by atoms with Crippen LogP contribution in [-0.4, -0.2) is 46.0 Å². The Morgan fingerprint density at radius 1 is 1.06 bits per heavy atom. The van der Waals surface area contributed by atoms with E-state index in [9.17, 15) is 9.90 Å². The lowest BCUT2D eigenvalue weighted by molar-refractivity contribution is -0.148. The summed E-state index contributed by atoms with van der Waals surface area (Å²) in [6.07, 6.45) is 3.69. The molecular weight excluding hydrogens is 384 g/mol. The van der Waals surface area contributed by atoms with Crippen molar-refractivity contribution in [1.29, 1.82) is 0 Å². The molecule has 2 unspecified atom stereocenters. The van der Waals surface area contributed by atoms with Gasteiger partial charge in [-0.1, -0.05) is 63.2 Å². The van der Waals surface area contributed by atoms with Crippen LogP contribution in [0.25, 0.3) is 0 Å². The van der Waals surface area contributed by atoms with Crippen LogP contribution < -0.4 is 0 Å². The second-order valence-electron chi connectivity index (χ2n) is 10.5. The van der Waals surface area contributed by atoms with E-state index < -0.39 is 0 Å². The molecule has 0 radical (unpaired) electrons. The van der Waals surface area contributed by atoms with Gasteiger partial charge in [0.1, 0.15) is 5.75 Å². The van der Waals surface area contributed by atoms with Crippen molar-refractivity contribution in [3.05, 3.63) is 65.2 Å². The second-order valence-corrected chi connectivity index (χ2v) is 10.5. The number of rotatable bonds is 3. The Kier molecular flexibility index (Phi) is 4.89. The van der Waals surface area contributed by atoms with Gasteiger partial charge in [-0.15, -0.1) is 0 Å². The average Bonchev–Trinajstić information content (AvgIpc) is 3.20. The van der Waals surface area contributed by atoms with Crippen molar-refractivity contribution in [2.75, 3.05) is 13.1 Å². The van der Waals surface area contributed by atoms with Gasteiger partial charge in [-0.05, 0) is 60.4 Å². The molecule has 1 aliphatic carbocycles. The highest BCUT2D eigenvalue weighted by Gasteiger charge is 2.57. The Labute approximate surface area is 185 Å².